The van der Waals surface area contributed by atoms with Gasteiger partial charge < -0.3 is 10.4 Å². The van der Waals surface area contributed by atoms with Crippen molar-refractivity contribution >= 4 is 5.91 Å². The molecule has 0 spiro atoms. The quantitative estimate of drug-likeness (QED) is 0.872. The number of hydrogen-bond donors (Lipinski definition) is 2. The molecule has 2 N–H and O–H groups in total. The van der Waals surface area contributed by atoms with Gasteiger partial charge in [0.1, 0.15) is 5.75 Å². The minimum atomic E-state index is -0.140. The van der Waals surface area contributed by atoms with Crippen LogP contribution in [-0.2, 0) is 13.5 Å². The molecular formula is C14H17N3O2. The summed E-state index contributed by atoms with van der Waals surface area (Å²) in [5, 5.41) is 16.5. The van der Waals surface area contributed by atoms with Crippen LogP contribution in [0.2, 0.25) is 0 Å². The second-order valence-corrected chi connectivity index (χ2v) is 4.49. The summed E-state index contributed by atoms with van der Waals surface area (Å²) in [4.78, 5) is 11.9. The fraction of sp³-hybridized carbons (Fsp3) is 0.286. The summed E-state index contributed by atoms with van der Waals surface area (Å²) in [5.41, 5.74) is 2.19. The third-order valence-electron chi connectivity index (χ3n) is 2.89. The van der Waals surface area contributed by atoms with Gasteiger partial charge in [0.25, 0.3) is 5.91 Å². The summed E-state index contributed by atoms with van der Waals surface area (Å²) in [7, 11) is 1.86. The van der Waals surface area contributed by atoms with E-state index in [2.05, 4.69) is 10.4 Å². The molecule has 1 heterocycles. The molecule has 1 amide bonds. The van der Waals surface area contributed by atoms with E-state index < -0.39 is 0 Å². The molecule has 2 rings (SSSR count). The van der Waals surface area contributed by atoms with Crippen molar-refractivity contribution < 1.29 is 9.90 Å². The molecule has 1 aromatic carbocycles. The second kappa shape index (κ2) is 5.56. The summed E-state index contributed by atoms with van der Waals surface area (Å²) < 4.78 is 1.74. The van der Waals surface area contributed by atoms with E-state index in [9.17, 15) is 9.90 Å². The smallest absolute Gasteiger partial charge is 0.251 e. The Labute approximate surface area is 111 Å². The van der Waals surface area contributed by atoms with E-state index >= 15 is 0 Å². The summed E-state index contributed by atoms with van der Waals surface area (Å²) >= 11 is 0. The minimum Gasteiger partial charge on any atom is -0.508 e. The van der Waals surface area contributed by atoms with Gasteiger partial charge in [-0.3, -0.25) is 9.48 Å². The molecule has 2 aromatic rings. The molecule has 0 radical (unpaired) electrons. The number of nitrogens with one attached hydrogen (secondary N) is 1. The molecule has 0 atom stereocenters. The number of aromatic hydroxyl groups is 1. The maximum atomic E-state index is 11.9. The van der Waals surface area contributed by atoms with Gasteiger partial charge in [-0.05, 0) is 36.8 Å². The van der Waals surface area contributed by atoms with Crippen LogP contribution >= 0.6 is 0 Å². The van der Waals surface area contributed by atoms with Crippen LogP contribution in [0.3, 0.4) is 0 Å². The molecule has 5 heteroatoms. The van der Waals surface area contributed by atoms with Crippen LogP contribution in [0.4, 0.5) is 0 Å². The summed E-state index contributed by atoms with van der Waals surface area (Å²) in [5.74, 6) is 0.0593. The fourth-order valence-corrected chi connectivity index (χ4v) is 1.80. The molecule has 1 aromatic heterocycles. The van der Waals surface area contributed by atoms with Crippen molar-refractivity contribution in [1.82, 2.24) is 15.1 Å². The van der Waals surface area contributed by atoms with Gasteiger partial charge in [0.05, 0.1) is 5.69 Å². The van der Waals surface area contributed by atoms with Crippen molar-refractivity contribution in [3.8, 4) is 5.75 Å². The highest BCUT2D eigenvalue weighted by Crippen LogP contribution is 2.16. The average Bonchev–Trinajstić information content (AvgIpc) is 2.78. The Kier molecular flexibility index (Phi) is 3.85. The van der Waals surface area contributed by atoms with Crippen molar-refractivity contribution in [3.05, 3.63) is 47.3 Å². The molecule has 19 heavy (non-hydrogen) atoms. The molecule has 100 valence electrons. The van der Waals surface area contributed by atoms with Crippen LogP contribution < -0.4 is 5.32 Å². The van der Waals surface area contributed by atoms with Crippen LogP contribution in [0, 0.1) is 6.92 Å². The topological polar surface area (TPSA) is 67.2 Å². The van der Waals surface area contributed by atoms with Crippen LogP contribution in [-0.4, -0.2) is 27.3 Å². The summed E-state index contributed by atoms with van der Waals surface area (Å²) in [6, 6.07) is 6.74. The highest BCUT2D eigenvalue weighted by Gasteiger charge is 2.07. The van der Waals surface area contributed by atoms with E-state index in [-0.39, 0.29) is 11.7 Å². The SMILES string of the molecule is Cc1cc(C(=O)NCCc2ccn(C)n2)ccc1O. The summed E-state index contributed by atoms with van der Waals surface area (Å²) in [6.07, 6.45) is 2.57. The Bertz CT molecular complexity index is 590. The number of nitrogens with zero attached hydrogens (tertiary/aromatic N) is 2. The lowest BCUT2D eigenvalue weighted by molar-refractivity contribution is 0.0954. The number of aryl methyl sites for hydroxylation is 2. The van der Waals surface area contributed by atoms with E-state index in [0.29, 0.717) is 24.1 Å². The number of phenols is 1. The van der Waals surface area contributed by atoms with Gasteiger partial charge in [-0.25, -0.2) is 0 Å². The number of phenolic OH excluding ortho intramolecular Hbond substituents is 1. The standard InChI is InChI=1S/C14H17N3O2/c1-10-9-11(3-4-13(10)18)14(19)15-7-5-12-6-8-17(2)16-12/h3-4,6,8-9,18H,5,7H2,1-2H3,(H,15,19). The van der Waals surface area contributed by atoms with Gasteiger partial charge >= 0.3 is 0 Å². The molecule has 0 bridgehead atoms. The molecular weight excluding hydrogens is 242 g/mol. The number of aromatic nitrogens is 2. The lowest BCUT2D eigenvalue weighted by Gasteiger charge is -2.06. The third kappa shape index (κ3) is 3.34. The van der Waals surface area contributed by atoms with Crippen LogP contribution in [0.5, 0.6) is 5.75 Å². The Morgan fingerprint density at radius 1 is 1.42 bits per heavy atom. The van der Waals surface area contributed by atoms with Gasteiger partial charge in [0.2, 0.25) is 0 Å². The van der Waals surface area contributed by atoms with Gasteiger partial charge in [-0.2, -0.15) is 5.10 Å². The van der Waals surface area contributed by atoms with Crippen LogP contribution in [0.1, 0.15) is 21.6 Å². The zero-order valence-corrected chi connectivity index (χ0v) is 11.1. The first-order chi connectivity index (χ1) is 9.06. The highest BCUT2D eigenvalue weighted by atomic mass is 16.3. The van der Waals surface area contributed by atoms with Gasteiger partial charge in [0.15, 0.2) is 0 Å². The first-order valence-corrected chi connectivity index (χ1v) is 6.12. The lowest BCUT2D eigenvalue weighted by Crippen LogP contribution is -2.25. The molecule has 5 nitrogen and oxygen atoms in total. The number of hydrogen-bond acceptors (Lipinski definition) is 3. The number of rotatable bonds is 4. The molecule has 0 saturated heterocycles. The van der Waals surface area contributed by atoms with Crippen molar-refractivity contribution in [3.63, 3.8) is 0 Å². The Morgan fingerprint density at radius 3 is 2.84 bits per heavy atom. The largest absolute Gasteiger partial charge is 0.508 e. The average molecular weight is 259 g/mol. The molecule has 0 unspecified atom stereocenters. The second-order valence-electron chi connectivity index (χ2n) is 4.49. The Balaban J connectivity index is 1.89. The monoisotopic (exact) mass is 259 g/mol. The number of amides is 1. The molecule has 0 saturated carbocycles. The zero-order chi connectivity index (χ0) is 13.8. The van der Waals surface area contributed by atoms with E-state index in [1.165, 1.54) is 6.07 Å². The van der Waals surface area contributed by atoms with E-state index in [4.69, 9.17) is 0 Å². The van der Waals surface area contributed by atoms with Crippen LogP contribution in [0.25, 0.3) is 0 Å². The van der Waals surface area contributed by atoms with Crippen molar-refractivity contribution in [2.24, 2.45) is 7.05 Å². The first kappa shape index (κ1) is 13.1. The van der Waals surface area contributed by atoms with Crippen LogP contribution in [0.15, 0.2) is 30.5 Å². The lowest BCUT2D eigenvalue weighted by atomic mass is 10.1. The maximum Gasteiger partial charge on any atom is 0.251 e. The predicted molar refractivity (Wildman–Crippen MR) is 72.1 cm³/mol. The van der Waals surface area contributed by atoms with Crippen molar-refractivity contribution in [2.45, 2.75) is 13.3 Å². The Morgan fingerprint density at radius 2 is 2.21 bits per heavy atom. The van der Waals surface area contributed by atoms with E-state index in [1.807, 2.05) is 19.3 Å². The van der Waals surface area contributed by atoms with Gasteiger partial charge in [0, 0.05) is 31.8 Å². The minimum absolute atomic E-state index is 0.140. The molecule has 0 aliphatic carbocycles. The van der Waals surface area contributed by atoms with Crippen molar-refractivity contribution in [2.75, 3.05) is 6.54 Å². The third-order valence-corrected chi connectivity index (χ3v) is 2.89. The van der Waals surface area contributed by atoms with E-state index in [1.54, 1.807) is 23.7 Å². The van der Waals surface area contributed by atoms with Gasteiger partial charge in [-0.15, -0.1) is 0 Å². The maximum absolute atomic E-state index is 11.9. The van der Waals surface area contributed by atoms with E-state index in [0.717, 1.165) is 5.69 Å². The predicted octanol–water partition coefficient (Wildman–Crippen LogP) is 1.41. The number of benzene rings is 1. The van der Waals surface area contributed by atoms with Crippen molar-refractivity contribution in [1.29, 1.82) is 0 Å². The summed E-state index contributed by atoms with van der Waals surface area (Å²) in [6.45, 7) is 2.30. The fourth-order valence-electron chi connectivity index (χ4n) is 1.80. The van der Waals surface area contributed by atoms with Gasteiger partial charge in [-0.1, -0.05) is 0 Å². The normalized spacial score (nSPS) is 10.4. The Hall–Kier alpha value is -2.30. The number of carbonyl (C=O) groups is 1. The first-order valence-electron chi connectivity index (χ1n) is 6.12. The zero-order valence-electron chi connectivity index (χ0n) is 11.1. The molecule has 0 aliphatic heterocycles. The number of carbonyl (C=O) groups excluding carboxylic acids is 1. The highest BCUT2D eigenvalue weighted by molar-refractivity contribution is 5.94. The molecule has 0 aliphatic rings. The molecule has 0 fully saturated rings.